The Morgan fingerprint density at radius 3 is 2.32 bits per heavy atom. The number of aryl methyl sites for hydroxylation is 2. The number of carboxylic acid groups (broad SMARTS) is 1. The molecule has 9 heteroatoms. The summed E-state index contributed by atoms with van der Waals surface area (Å²) in [6.07, 6.45) is 2.37. The van der Waals surface area contributed by atoms with Gasteiger partial charge in [0.2, 0.25) is 11.8 Å². The lowest BCUT2D eigenvalue weighted by molar-refractivity contribution is -0.309. The number of carbonyl (C=O) groups excluding carboxylic acids is 3. The van der Waals surface area contributed by atoms with E-state index in [4.69, 9.17) is 8.83 Å². The number of aliphatic carboxylic acids is 1. The first kappa shape index (κ1) is 28.0. The van der Waals surface area contributed by atoms with Crippen molar-refractivity contribution in [1.29, 1.82) is 0 Å². The Morgan fingerprint density at radius 1 is 1.05 bits per heavy atom. The lowest BCUT2D eigenvalue weighted by Crippen LogP contribution is -2.53. The van der Waals surface area contributed by atoms with E-state index in [9.17, 15) is 24.3 Å². The predicted octanol–water partition coefficient (Wildman–Crippen LogP) is 2.78. The first-order valence-electron chi connectivity index (χ1n) is 12.5. The molecule has 37 heavy (non-hydrogen) atoms. The van der Waals surface area contributed by atoms with Crippen molar-refractivity contribution in [3.05, 3.63) is 45.0 Å². The second-order valence-electron chi connectivity index (χ2n) is 10.7. The van der Waals surface area contributed by atoms with E-state index < -0.39 is 29.5 Å². The average molecular weight is 512 g/mol. The fourth-order valence-electron chi connectivity index (χ4n) is 4.47. The molecule has 0 saturated heterocycles. The molecule has 2 atom stereocenters. The minimum atomic E-state index is -1.37. The van der Waals surface area contributed by atoms with E-state index in [-0.39, 0.29) is 30.7 Å². The van der Waals surface area contributed by atoms with E-state index in [1.165, 1.54) is 0 Å². The van der Waals surface area contributed by atoms with Gasteiger partial charge in [-0.3, -0.25) is 9.59 Å². The van der Waals surface area contributed by atoms with Gasteiger partial charge in [-0.2, -0.15) is 0 Å². The number of carbonyl (C=O) groups is 3. The molecule has 2 amide bonds. The zero-order valence-corrected chi connectivity index (χ0v) is 22.5. The van der Waals surface area contributed by atoms with Gasteiger partial charge in [0.25, 0.3) is 0 Å². The van der Waals surface area contributed by atoms with E-state index in [2.05, 4.69) is 31.4 Å². The standard InChI is InChI=1S/C28H36N2O7/c1-8-14(2)23(26(33)34)30-22(32)12-29-21(31)10-9-17-15(3)18-11-19-20(28(5,6)7)13-36-24(19)16(4)25(18)37-27(17)35/h11,13-14,23H,8-10,12H2,1-7H3,(H,29,31)(H,30,32)(H,33,34)/p-1/t14-,23+/m1/s1. The maximum atomic E-state index is 12.8. The van der Waals surface area contributed by atoms with E-state index in [0.29, 0.717) is 23.2 Å². The Labute approximate surface area is 215 Å². The number of benzene rings is 1. The van der Waals surface area contributed by atoms with Crippen LogP contribution in [0.15, 0.2) is 26.0 Å². The quantitative estimate of drug-likeness (QED) is 0.421. The topological polar surface area (TPSA) is 142 Å². The van der Waals surface area contributed by atoms with Gasteiger partial charge < -0.3 is 29.4 Å². The number of hydrogen-bond donors (Lipinski definition) is 2. The van der Waals surface area contributed by atoms with Crippen molar-refractivity contribution < 1.29 is 28.3 Å². The lowest BCUT2D eigenvalue weighted by Gasteiger charge is -2.25. The maximum absolute atomic E-state index is 12.8. The second kappa shape index (κ2) is 10.8. The summed E-state index contributed by atoms with van der Waals surface area (Å²) in [5.74, 6) is -2.76. The van der Waals surface area contributed by atoms with Crippen LogP contribution in [0, 0.1) is 19.8 Å². The zero-order valence-electron chi connectivity index (χ0n) is 22.5. The summed E-state index contributed by atoms with van der Waals surface area (Å²) in [4.78, 5) is 48.6. The van der Waals surface area contributed by atoms with Crippen molar-refractivity contribution in [2.75, 3.05) is 6.54 Å². The van der Waals surface area contributed by atoms with Crippen molar-refractivity contribution in [3.63, 3.8) is 0 Å². The van der Waals surface area contributed by atoms with E-state index >= 15 is 0 Å². The molecule has 3 aromatic rings. The van der Waals surface area contributed by atoms with Crippen LogP contribution in [0.3, 0.4) is 0 Å². The van der Waals surface area contributed by atoms with Crippen molar-refractivity contribution >= 4 is 39.7 Å². The molecule has 2 aromatic heterocycles. The highest BCUT2D eigenvalue weighted by atomic mass is 16.4. The van der Waals surface area contributed by atoms with Crippen LogP contribution in [-0.4, -0.2) is 30.4 Å². The van der Waals surface area contributed by atoms with Crippen molar-refractivity contribution in [2.24, 2.45) is 5.92 Å². The predicted molar refractivity (Wildman–Crippen MR) is 138 cm³/mol. The van der Waals surface area contributed by atoms with Crippen molar-refractivity contribution in [3.8, 4) is 0 Å². The molecule has 0 bridgehead atoms. The fraction of sp³-hybridized carbons (Fsp3) is 0.500. The molecule has 0 aliphatic heterocycles. The van der Waals surface area contributed by atoms with Gasteiger partial charge in [-0.05, 0) is 43.2 Å². The monoisotopic (exact) mass is 511 g/mol. The Hall–Kier alpha value is -3.62. The van der Waals surface area contributed by atoms with Gasteiger partial charge >= 0.3 is 5.63 Å². The SMILES string of the molecule is CC[C@@H](C)[C@H](NC(=O)CNC(=O)CCc1c(C)c2cc3c(C(C)(C)C)coc3c(C)c2oc1=O)C(=O)[O-]. The Balaban J connectivity index is 1.76. The summed E-state index contributed by atoms with van der Waals surface area (Å²) in [7, 11) is 0. The molecular formula is C28H35N2O7-. The normalized spacial score (nSPS) is 13.5. The molecule has 0 aliphatic rings. The number of rotatable bonds is 9. The number of nitrogens with one attached hydrogen (secondary N) is 2. The van der Waals surface area contributed by atoms with Crippen LogP contribution >= 0.6 is 0 Å². The first-order chi connectivity index (χ1) is 17.3. The number of carboxylic acids is 1. The zero-order chi connectivity index (χ0) is 27.7. The summed E-state index contributed by atoms with van der Waals surface area (Å²) in [6, 6.07) is 0.835. The molecule has 0 unspecified atom stereocenters. The molecule has 200 valence electrons. The van der Waals surface area contributed by atoms with E-state index in [1.54, 1.807) is 13.2 Å². The second-order valence-corrected chi connectivity index (χ2v) is 10.7. The van der Waals surface area contributed by atoms with Gasteiger partial charge in [-0.25, -0.2) is 4.79 Å². The summed E-state index contributed by atoms with van der Waals surface area (Å²) in [6.45, 7) is 13.1. The average Bonchev–Trinajstić information content (AvgIpc) is 3.26. The van der Waals surface area contributed by atoms with Crippen LogP contribution in [-0.2, 0) is 26.2 Å². The van der Waals surface area contributed by atoms with Gasteiger partial charge in [0, 0.05) is 33.9 Å². The number of fused-ring (bicyclic) bond motifs is 2. The van der Waals surface area contributed by atoms with Crippen LogP contribution in [0.25, 0.3) is 21.9 Å². The molecule has 2 heterocycles. The molecular weight excluding hydrogens is 476 g/mol. The minimum absolute atomic E-state index is 0.0418. The molecule has 3 rings (SSSR count). The Morgan fingerprint density at radius 2 is 1.73 bits per heavy atom. The number of amides is 2. The fourth-order valence-corrected chi connectivity index (χ4v) is 4.47. The molecule has 2 N–H and O–H groups in total. The van der Waals surface area contributed by atoms with Gasteiger partial charge in [-0.15, -0.1) is 0 Å². The van der Waals surface area contributed by atoms with Crippen molar-refractivity contribution in [2.45, 2.75) is 79.2 Å². The molecule has 0 aliphatic carbocycles. The third-order valence-corrected chi connectivity index (χ3v) is 6.98. The van der Waals surface area contributed by atoms with Crippen LogP contribution in [0.2, 0.25) is 0 Å². The highest BCUT2D eigenvalue weighted by molar-refractivity contribution is 6.00. The molecule has 9 nitrogen and oxygen atoms in total. The van der Waals surface area contributed by atoms with Gasteiger partial charge in [0.1, 0.15) is 11.2 Å². The van der Waals surface area contributed by atoms with Gasteiger partial charge in [0.15, 0.2) is 0 Å². The van der Waals surface area contributed by atoms with Gasteiger partial charge in [-0.1, -0.05) is 41.0 Å². The summed E-state index contributed by atoms with van der Waals surface area (Å²) < 4.78 is 11.5. The van der Waals surface area contributed by atoms with Crippen LogP contribution in [0.4, 0.5) is 0 Å². The van der Waals surface area contributed by atoms with Crippen LogP contribution in [0.5, 0.6) is 0 Å². The van der Waals surface area contributed by atoms with E-state index in [0.717, 1.165) is 27.5 Å². The Kier molecular flexibility index (Phi) is 8.15. The number of hydrogen-bond acceptors (Lipinski definition) is 7. The summed E-state index contributed by atoms with van der Waals surface area (Å²) >= 11 is 0. The third kappa shape index (κ3) is 5.87. The molecule has 0 radical (unpaired) electrons. The van der Waals surface area contributed by atoms with Crippen LogP contribution in [0.1, 0.15) is 69.7 Å². The molecule has 0 fully saturated rings. The molecule has 0 saturated carbocycles. The first-order valence-corrected chi connectivity index (χ1v) is 12.5. The largest absolute Gasteiger partial charge is 0.548 e. The van der Waals surface area contributed by atoms with Crippen LogP contribution < -0.4 is 21.4 Å². The summed E-state index contributed by atoms with van der Waals surface area (Å²) in [5.41, 5.74) is 3.38. The van der Waals surface area contributed by atoms with Crippen molar-refractivity contribution in [1.82, 2.24) is 10.6 Å². The highest BCUT2D eigenvalue weighted by Crippen LogP contribution is 2.37. The summed E-state index contributed by atoms with van der Waals surface area (Å²) in [5, 5.41) is 17.9. The third-order valence-electron chi connectivity index (χ3n) is 6.98. The number of furan rings is 1. The maximum Gasteiger partial charge on any atom is 0.339 e. The lowest BCUT2D eigenvalue weighted by atomic mass is 9.86. The smallest absolute Gasteiger partial charge is 0.339 e. The van der Waals surface area contributed by atoms with Gasteiger partial charge in [0.05, 0.1) is 24.8 Å². The Bertz CT molecular complexity index is 1410. The molecule has 0 spiro atoms. The highest BCUT2D eigenvalue weighted by Gasteiger charge is 2.24. The van der Waals surface area contributed by atoms with E-state index in [1.807, 2.05) is 26.8 Å². The molecule has 1 aromatic carbocycles. The minimum Gasteiger partial charge on any atom is -0.548 e.